The summed E-state index contributed by atoms with van der Waals surface area (Å²) in [4.78, 5) is 14.1. The molecular formula is C12H13N3OS2. The summed E-state index contributed by atoms with van der Waals surface area (Å²) in [5, 5.41) is 5.04. The fourth-order valence-electron chi connectivity index (χ4n) is 1.65. The maximum Gasteiger partial charge on any atom is 0.304 e. The molecule has 1 aromatic carbocycles. The summed E-state index contributed by atoms with van der Waals surface area (Å²) in [6, 6.07) is 5.81. The van der Waals surface area contributed by atoms with E-state index in [0.717, 1.165) is 33.8 Å². The smallest absolute Gasteiger partial charge is 0.304 e. The SMILES string of the molecule is Cc1cc(NCc2csc(=O)[nH]2)ccc1C(N)=S. The van der Waals surface area contributed by atoms with E-state index >= 15 is 0 Å². The Morgan fingerprint density at radius 3 is 2.89 bits per heavy atom. The second-order valence-corrected chi connectivity index (χ2v) is 5.20. The lowest BCUT2D eigenvalue weighted by molar-refractivity contribution is 1.06. The number of hydrogen-bond donors (Lipinski definition) is 3. The van der Waals surface area contributed by atoms with Gasteiger partial charge in [0.1, 0.15) is 4.99 Å². The Morgan fingerprint density at radius 1 is 1.56 bits per heavy atom. The van der Waals surface area contributed by atoms with Gasteiger partial charge in [0.15, 0.2) is 0 Å². The number of nitrogens with two attached hydrogens (primary N) is 1. The Kier molecular flexibility index (Phi) is 3.78. The fraction of sp³-hybridized carbons (Fsp3) is 0.167. The van der Waals surface area contributed by atoms with Gasteiger partial charge in [0.2, 0.25) is 0 Å². The van der Waals surface area contributed by atoms with Gasteiger partial charge in [0, 0.05) is 22.3 Å². The number of aromatic amines is 1. The Hall–Kier alpha value is -1.66. The summed E-state index contributed by atoms with van der Waals surface area (Å²) in [6.45, 7) is 2.55. The molecule has 0 fully saturated rings. The predicted octanol–water partition coefficient (Wildman–Crippen LogP) is 1.99. The van der Waals surface area contributed by atoms with Gasteiger partial charge < -0.3 is 16.0 Å². The van der Waals surface area contributed by atoms with Gasteiger partial charge in [-0.25, -0.2) is 0 Å². The van der Waals surface area contributed by atoms with Gasteiger partial charge in [-0.15, -0.1) is 0 Å². The van der Waals surface area contributed by atoms with E-state index in [-0.39, 0.29) is 4.87 Å². The van der Waals surface area contributed by atoms with Crippen molar-refractivity contribution in [1.29, 1.82) is 0 Å². The monoisotopic (exact) mass is 279 g/mol. The molecule has 18 heavy (non-hydrogen) atoms. The lowest BCUT2D eigenvalue weighted by Crippen LogP contribution is -2.11. The number of thiazole rings is 1. The summed E-state index contributed by atoms with van der Waals surface area (Å²) in [5.74, 6) is 0. The first-order valence-electron chi connectivity index (χ1n) is 5.37. The highest BCUT2D eigenvalue weighted by atomic mass is 32.1. The van der Waals surface area contributed by atoms with Gasteiger partial charge in [-0.3, -0.25) is 4.79 Å². The van der Waals surface area contributed by atoms with E-state index in [4.69, 9.17) is 18.0 Å². The number of aryl methyl sites for hydroxylation is 1. The molecule has 2 aromatic rings. The van der Waals surface area contributed by atoms with Crippen LogP contribution in [0.5, 0.6) is 0 Å². The van der Waals surface area contributed by atoms with Gasteiger partial charge >= 0.3 is 4.87 Å². The fourth-order valence-corrected chi connectivity index (χ4v) is 2.46. The number of rotatable bonds is 4. The lowest BCUT2D eigenvalue weighted by atomic mass is 10.1. The largest absolute Gasteiger partial charge is 0.389 e. The van der Waals surface area contributed by atoms with Gasteiger partial charge in [0.25, 0.3) is 0 Å². The molecule has 4 nitrogen and oxygen atoms in total. The van der Waals surface area contributed by atoms with E-state index in [9.17, 15) is 4.79 Å². The van der Waals surface area contributed by atoms with Crippen LogP contribution < -0.4 is 15.9 Å². The molecule has 2 rings (SSSR count). The summed E-state index contributed by atoms with van der Waals surface area (Å²) in [7, 11) is 0. The highest BCUT2D eigenvalue weighted by molar-refractivity contribution is 7.80. The molecule has 1 aromatic heterocycles. The van der Waals surface area contributed by atoms with Crippen molar-refractivity contribution < 1.29 is 0 Å². The first-order valence-corrected chi connectivity index (χ1v) is 6.66. The molecular weight excluding hydrogens is 266 g/mol. The molecule has 4 N–H and O–H groups in total. The summed E-state index contributed by atoms with van der Waals surface area (Å²) in [5.41, 5.74) is 9.37. The Balaban J connectivity index is 2.08. The Morgan fingerprint density at radius 2 is 2.33 bits per heavy atom. The van der Waals surface area contributed by atoms with Gasteiger partial charge in [-0.1, -0.05) is 23.6 Å². The molecule has 0 saturated heterocycles. The predicted molar refractivity (Wildman–Crippen MR) is 79.3 cm³/mol. The topological polar surface area (TPSA) is 70.9 Å². The van der Waals surface area contributed by atoms with Gasteiger partial charge in [0.05, 0.1) is 6.54 Å². The molecule has 0 radical (unpaired) electrons. The van der Waals surface area contributed by atoms with Crippen molar-refractivity contribution in [3.63, 3.8) is 0 Å². The van der Waals surface area contributed by atoms with Crippen LogP contribution in [0, 0.1) is 6.92 Å². The third-order valence-corrected chi connectivity index (χ3v) is 3.48. The highest BCUT2D eigenvalue weighted by Gasteiger charge is 2.03. The van der Waals surface area contributed by atoms with Gasteiger partial charge in [-0.05, 0) is 30.7 Å². The standard InChI is InChI=1S/C12H13N3OS2/c1-7-4-8(2-3-10(7)11(13)17)14-5-9-6-18-12(16)15-9/h2-4,6,14H,5H2,1H3,(H2,13,17)(H,15,16). The van der Waals surface area contributed by atoms with Crippen LogP contribution in [-0.4, -0.2) is 9.97 Å². The second-order valence-electron chi connectivity index (χ2n) is 3.92. The van der Waals surface area contributed by atoms with Crippen molar-refractivity contribution in [2.75, 3.05) is 5.32 Å². The van der Waals surface area contributed by atoms with Crippen LogP contribution in [0.1, 0.15) is 16.8 Å². The molecule has 0 aliphatic rings. The van der Waals surface area contributed by atoms with Crippen molar-refractivity contribution in [2.24, 2.45) is 5.73 Å². The minimum absolute atomic E-state index is 0.0354. The van der Waals surface area contributed by atoms with Crippen molar-refractivity contribution in [2.45, 2.75) is 13.5 Å². The van der Waals surface area contributed by atoms with E-state index in [1.807, 2.05) is 30.5 Å². The maximum atomic E-state index is 11.0. The second kappa shape index (κ2) is 5.32. The number of hydrogen-bond acceptors (Lipinski definition) is 4. The number of benzene rings is 1. The molecule has 0 spiro atoms. The van der Waals surface area contributed by atoms with Crippen LogP contribution in [0.25, 0.3) is 0 Å². The number of anilines is 1. The van der Waals surface area contributed by atoms with Crippen molar-refractivity contribution >= 4 is 34.2 Å². The molecule has 0 aliphatic heterocycles. The Bertz CT molecular complexity index is 630. The van der Waals surface area contributed by atoms with E-state index in [0.29, 0.717) is 11.5 Å². The minimum atomic E-state index is -0.0354. The molecule has 6 heteroatoms. The number of nitrogens with one attached hydrogen (secondary N) is 2. The van der Waals surface area contributed by atoms with Crippen LogP contribution >= 0.6 is 23.6 Å². The summed E-state index contributed by atoms with van der Waals surface area (Å²) in [6.07, 6.45) is 0. The lowest BCUT2D eigenvalue weighted by Gasteiger charge is -2.09. The van der Waals surface area contributed by atoms with Crippen molar-refractivity contribution in [3.05, 3.63) is 50.1 Å². The normalized spacial score (nSPS) is 10.3. The van der Waals surface area contributed by atoms with E-state index in [1.54, 1.807) is 0 Å². The van der Waals surface area contributed by atoms with E-state index in [1.165, 1.54) is 0 Å². The molecule has 1 heterocycles. The first-order chi connectivity index (χ1) is 8.56. The highest BCUT2D eigenvalue weighted by Crippen LogP contribution is 2.15. The van der Waals surface area contributed by atoms with E-state index in [2.05, 4.69) is 10.3 Å². The third kappa shape index (κ3) is 2.96. The molecule has 0 atom stereocenters. The average molecular weight is 279 g/mol. The van der Waals surface area contributed by atoms with E-state index < -0.39 is 0 Å². The summed E-state index contributed by atoms with van der Waals surface area (Å²) >= 11 is 6.12. The first kappa shape index (κ1) is 12.8. The third-order valence-electron chi connectivity index (χ3n) is 2.55. The van der Waals surface area contributed by atoms with Crippen LogP contribution in [-0.2, 0) is 6.54 Å². The summed E-state index contributed by atoms with van der Waals surface area (Å²) < 4.78 is 0. The maximum absolute atomic E-state index is 11.0. The van der Waals surface area contributed by atoms with Crippen LogP contribution in [0.3, 0.4) is 0 Å². The van der Waals surface area contributed by atoms with Gasteiger partial charge in [-0.2, -0.15) is 0 Å². The molecule has 0 unspecified atom stereocenters. The Labute approximate surface area is 114 Å². The average Bonchev–Trinajstić information content (AvgIpc) is 2.72. The van der Waals surface area contributed by atoms with Crippen molar-refractivity contribution in [1.82, 2.24) is 4.98 Å². The zero-order valence-electron chi connectivity index (χ0n) is 9.82. The van der Waals surface area contributed by atoms with Crippen LogP contribution in [0.4, 0.5) is 5.69 Å². The number of aromatic nitrogens is 1. The van der Waals surface area contributed by atoms with Crippen LogP contribution in [0.2, 0.25) is 0 Å². The number of thiocarbonyl (C=S) groups is 1. The molecule has 0 aliphatic carbocycles. The molecule has 0 amide bonds. The zero-order chi connectivity index (χ0) is 13.1. The minimum Gasteiger partial charge on any atom is -0.389 e. The van der Waals surface area contributed by atoms with Crippen molar-refractivity contribution in [3.8, 4) is 0 Å². The molecule has 94 valence electrons. The quantitative estimate of drug-likeness (QED) is 0.749. The molecule has 0 saturated carbocycles. The number of H-pyrrole nitrogens is 1. The molecule has 0 bridgehead atoms. The van der Waals surface area contributed by atoms with Crippen LogP contribution in [0.15, 0.2) is 28.4 Å². The zero-order valence-corrected chi connectivity index (χ0v) is 11.5.